The molecule has 1 N–H and O–H groups in total. The molecular formula is C16H21Cl2NO. The summed E-state index contributed by atoms with van der Waals surface area (Å²) in [5.41, 5.74) is 0.319. The molecule has 2 fully saturated rings. The first kappa shape index (κ1) is 14.5. The van der Waals surface area contributed by atoms with Crippen molar-refractivity contribution in [1.82, 2.24) is 5.32 Å². The molecule has 110 valence electrons. The van der Waals surface area contributed by atoms with Crippen LogP contribution in [0.5, 0.6) is 5.75 Å². The molecule has 0 aromatic heterocycles. The molecule has 2 saturated carbocycles. The van der Waals surface area contributed by atoms with Gasteiger partial charge in [-0.2, -0.15) is 0 Å². The van der Waals surface area contributed by atoms with Crippen LogP contribution in [-0.4, -0.2) is 19.2 Å². The van der Waals surface area contributed by atoms with Gasteiger partial charge in [-0.3, -0.25) is 0 Å². The molecule has 0 heterocycles. The second-order valence-corrected chi connectivity index (χ2v) is 6.87. The van der Waals surface area contributed by atoms with Crippen LogP contribution in [0.3, 0.4) is 0 Å². The van der Waals surface area contributed by atoms with Crippen molar-refractivity contribution >= 4 is 23.2 Å². The van der Waals surface area contributed by atoms with Crippen LogP contribution in [0.4, 0.5) is 0 Å². The van der Waals surface area contributed by atoms with Gasteiger partial charge in [-0.05, 0) is 32.0 Å². The molecule has 2 atom stereocenters. The third kappa shape index (κ3) is 2.43. The molecule has 3 rings (SSSR count). The highest BCUT2D eigenvalue weighted by atomic mass is 35.5. The number of nitrogens with one attached hydrogen (secondary N) is 1. The first-order chi connectivity index (χ1) is 9.65. The Morgan fingerprint density at radius 1 is 1.15 bits per heavy atom. The molecule has 1 aromatic carbocycles. The zero-order valence-electron chi connectivity index (χ0n) is 11.8. The summed E-state index contributed by atoms with van der Waals surface area (Å²) in [5.74, 6) is 0.837. The lowest BCUT2D eigenvalue weighted by Gasteiger charge is -2.57. The molecule has 0 bridgehead atoms. The summed E-state index contributed by atoms with van der Waals surface area (Å²) in [7, 11) is 2.07. The monoisotopic (exact) mass is 313 g/mol. The van der Waals surface area contributed by atoms with Gasteiger partial charge in [0.2, 0.25) is 0 Å². The molecular weight excluding hydrogens is 293 g/mol. The normalized spacial score (nSPS) is 28.1. The van der Waals surface area contributed by atoms with Gasteiger partial charge in [-0.1, -0.05) is 42.5 Å². The summed E-state index contributed by atoms with van der Waals surface area (Å²) in [6.45, 7) is 0. The fourth-order valence-electron chi connectivity index (χ4n) is 3.91. The van der Waals surface area contributed by atoms with Crippen molar-refractivity contribution in [3.8, 4) is 5.75 Å². The molecule has 0 radical (unpaired) electrons. The first-order valence-electron chi connectivity index (χ1n) is 7.45. The highest BCUT2D eigenvalue weighted by Crippen LogP contribution is 2.53. The van der Waals surface area contributed by atoms with E-state index in [-0.39, 0.29) is 0 Å². The van der Waals surface area contributed by atoms with Crippen LogP contribution in [-0.2, 0) is 0 Å². The van der Waals surface area contributed by atoms with E-state index < -0.39 is 0 Å². The van der Waals surface area contributed by atoms with E-state index in [4.69, 9.17) is 27.9 Å². The summed E-state index contributed by atoms with van der Waals surface area (Å²) in [6.07, 6.45) is 7.92. The van der Waals surface area contributed by atoms with E-state index in [0.717, 1.165) is 12.2 Å². The Morgan fingerprint density at radius 2 is 1.90 bits per heavy atom. The number of ether oxygens (including phenoxy) is 1. The third-order valence-electron chi connectivity index (χ3n) is 5.09. The molecule has 0 saturated heterocycles. The lowest BCUT2D eigenvalue weighted by molar-refractivity contribution is -0.100. The van der Waals surface area contributed by atoms with Crippen molar-refractivity contribution in [2.75, 3.05) is 7.05 Å². The SMILES string of the molecule is CNC1CC(Oc2ccc(Cl)c(Cl)c2)C12CCCCC2. The maximum atomic E-state index is 6.23. The average molecular weight is 314 g/mol. The van der Waals surface area contributed by atoms with Gasteiger partial charge in [0.25, 0.3) is 0 Å². The Labute approximate surface area is 130 Å². The van der Waals surface area contributed by atoms with E-state index in [1.165, 1.54) is 32.1 Å². The fourth-order valence-corrected chi connectivity index (χ4v) is 4.20. The van der Waals surface area contributed by atoms with Crippen molar-refractivity contribution in [2.45, 2.75) is 50.7 Å². The van der Waals surface area contributed by atoms with E-state index in [1.54, 1.807) is 6.07 Å². The van der Waals surface area contributed by atoms with Gasteiger partial charge in [0.15, 0.2) is 0 Å². The molecule has 1 spiro atoms. The van der Waals surface area contributed by atoms with Crippen LogP contribution < -0.4 is 10.1 Å². The zero-order valence-corrected chi connectivity index (χ0v) is 13.3. The van der Waals surface area contributed by atoms with E-state index in [1.807, 2.05) is 12.1 Å². The van der Waals surface area contributed by atoms with E-state index >= 15 is 0 Å². The predicted molar refractivity (Wildman–Crippen MR) is 83.9 cm³/mol. The first-order valence-corrected chi connectivity index (χ1v) is 8.20. The van der Waals surface area contributed by atoms with Gasteiger partial charge in [0, 0.05) is 23.9 Å². The number of benzene rings is 1. The van der Waals surface area contributed by atoms with Gasteiger partial charge in [-0.25, -0.2) is 0 Å². The molecule has 2 nitrogen and oxygen atoms in total. The Hall–Kier alpha value is -0.440. The van der Waals surface area contributed by atoms with Gasteiger partial charge in [-0.15, -0.1) is 0 Å². The van der Waals surface area contributed by atoms with Gasteiger partial charge >= 0.3 is 0 Å². The lowest BCUT2D eigenvalue weighted by Crippen LogP contribution is -2.64. The van der Waals surface area contributed by atoms with Gasteiger partial charge in [0.05, 0.1) is 10.0 Å². The topological polar surface area (TPSA) is 21.3 Å². The standard InChI is InChI=1S/C16H21Cl2NO/c1-19-14-10-15(16(14)7-3-2-4-8-16)20-11-5-6-12(17)13(18)9-11/h5-6,9,14-15,19H,2-4,7-8,10H2,1H3. The Kier molecular flexibility index (Phi) is 4.16. The van der Waals surface area contributed by atoms with Crippen molar-refractivity contribution in [1.29, 1.82) is 0 Å². The molecule has 1 aromatic rings. The minimum Gasteiger partial charge on any atom is -0.490 e. The smallest absolute Gasteiger partial charge is 0.121 e. The second kappa shape index (κ2) is 5.75. The molecule has 2 aliphatic rings. The predicted octanol–water partition coefficient (Wildman–Crippen LogP) is 4.68. The van der Waals surface area contributed by atoms with Crippen molar-refractivity contribution in [3.63, 3.8) is 0 Å². The minimum absolute atomic E-state index is 0.303. The second-order valence-electron chi connectivity index (χ2n) is 6.05. The molecule has 2 aliphatic carbocycles. The molecule has 20 heavy (non-hydrogen) atoms. The van der Waals surface area contributed by atoms with Crippen molar-refractivity contribution in [3.05, 3.63) is 28.2 Å². The van der Waals surface area contributed by atoms with Crippen LogP contribution >= 0.6 is 23.2 Å². The van der Waals surface area contributed by atoms with Gasteiger partial charge < -0.3 is 10.1 Å². The highest BCUT2D eigenvalue weighted by Gasteiger charge is 2.55. The van der Waals surface area contributed by atoms with Crippen LogP contribution in [0.2, 0.25) is 10.0 Å². The summed E-state index contributed by atoms with van der Waals surface area (Å²) in [6, 6.07) is 6.14. The summed E-state index contributed by atoms with van der Waals surface area (Å²) in [5, 5.41) is 4.61. The quantitative estimate of drug-likeness (QED) is 0.874. The summed E-state index contributed by atoms with van der Waals surface area (Å²) < 4.78 is 6.23. The van der Waals surface area contributed by atoms with Gasteiger partial charge in [0.1, 0.15) is 11.9 Å². The Bertz CT molecular complexity index is 485. The van der Waals surface area contributed by atoms with Crippen LogP contribution in [0, 0.1) is 5.41 Å². The number of rotatable bonds is 3. The van der Waals surface area contributed by atoms with E-state index in [0.29, 0.717) is 27.6 Å². The Balaban J connectivity index is 1.75. The fraction of sp³-hybridized carbons (Fsp3) is 0.625. The molecule has 4 heteroatoms. The Morgan fingerprint density at radius 3 is 2.55 bits per heavy atom. The van der Waals surface area contributed by atoms with E-state index in [2.05, 4.69) is 12.4 Å². The van der Waals surface area contributed by atoms with E-state index in [9.17, 15) is 0 Å². The van der Waals surface area contributed by atoms with Crippen LogP contribution in [0.1, 0.15) is 38.5 Å². The zero-order chi connectivity index (χ0) is 14.2. The molecule has 0 amide bonds. The minimum atomic E-state index is 0.303. The third-order valence-corrected chi connectivity index (χ3v) is 5.83. The van der Waals surface area contributed by atoms with Crippen LogP contribution in [0.15, 0.2) is 18.2 Å². The number of hydrogen-bond acceptors (Lipinski definition) is 2. The number of halogens is 2. The largest absolute Gasteiger partial charge is 0.490 e. The van der Waals surface area contributed by atoms with Crippen LogP contribution in [0.25, 0.3) is 0 Å². The highest BCUT2D eigenvalue weighted by molar-refractivity contribution is 6.42. The maximum Gasteiger partial charge on any atom is 0.121 e. The molecule has 0 aliphatic heterocycles. The summed E-state index contributed by atoms with van der Waals surface area (Å²) >= 11 is 12.0. The van der Waals surface area contributed by atoms with Crippen molar-refractivity contribution < 1.29 is 4.74 Å². The maximum absolute atomic E-state index is 6.23. The van der Waals surface area contributed by atoms with Crippen molar-refractivity contribution in [2.24, 2.45) is 5.41 Å². The number of hydrogen-bond donors (Lipinski definition) is 1. The average Bonchev–Trinajstić information content (AvgIpc) is 2.47. The lowest BCUT2D eigenvalue weighted by atomic mass is 9.55. The summed E-state index contributed by atoms with van der Waals surface area (Å²) in [4.78, 5) is 0. The molecule has 2 unspecified atom stereocenters.